The molecule has 1 N–H and O–H groups in total. The van der Waals surface area contributed by atoms with Crippen LogP contribution in [0, 0.1) is 0 Å². The lowest BCUT2D eigenvalue weighted by Crippen LogP contribution is -2.42. The number of carbonyl (C=O) groups is 1. The molecular formula is C25H23BrClN5O2. The number of carbonyl (C=O) groups excluding carboxylic acids is 1. The molecule has 0 saturated carbocycles. The van der Waals surface area contributed by atoms with Crippen molar-refractivity contribution in [3.8, 4) is 17.0 Å². The van der Waals surface area contributed by atoms with E-state index >= 15 is 0 Å². The highest BCUT2D eigenvalue weighted by Gasteiger charge is 2.26. The summed E-state index contributed by atoms with van der Waals surface area (Å²) in [7, 11) is 1.59. The highest BCUT2D eigenvalue weighted by atomic mass is 79.9. The van der Waals surface area contributed by atoms with Crippen LogP contribution in [0.15, 0.2) is 65.3 Å². The molecule has 34 heavy (non-hydrogen) atoms. The SMILES string of the molecule is COc1ccccc1C(=O)N1CCC(Nc2cc(-c3ccccc3Cl)nc3c(Br)cnn23)CC1. The van der Waals surface area contributed by atoms with Crippen LogP contribution in [-0.4, -0.2) is 51.6 Å². The molecule has 3 heterocycles. The molecule has 1 saturated heterocycles. The third-order valence-corrected chi connectivity index (χ3v) is 6.94. The smallest absolute Gasteiger partial charge is 0.257 e. The van der Waals surface area contributed by atoms with E-state index < -0.39 is 0 Å². The van der Waals surface area contributed by atoms with Crippen molar-refractivity contribution in [2.45, 2.75) is 18.9 Å². The van der Waals surface area contributed by atoms with Crippen molar-refractivity contribution < 1.29 is 9.53 Å². The number of benzene rings is 2. The van der Waals surface area contributed by atoms with Crippen LogP contribution >= 0.6 is 27.5 Å². The Kier molecular flexibility index (Phi) is 6.43. The second kappa shape index (κ2) is 9.64. The number of anilines is 1. The molecule has 174 valence electrons. The van der Waals surface area contributed by atoms with Gasteiger partial charge in [-0.2, -0.15) is 9.61 Å². The number of rotatable bonds is 5. The summed E-state index contributed by atoms with van der Waals surface area (Å²) in [6, 6.07) is 17.2. The first-order valence-corrected chi connectivity index (χ1v) is 12.2. The summed E-state index contributed by atoms with van der Waals surface area (Å²) >= 11 is 9.99. The highest BCUT2D eigenvalue weighted by Crippen LogP contribution is 2.31. The number of methoxy groups -OCH3 is 1. The van der Waals surface area contributed by atoms with Crippen molar-refractivity contribution in [2.24, 2.45) is 0 Å². The second-order valence-electron chi connectivity index (χ2n) is 8.15. The molecule has 2 aromatic carbocycles. The fraction of sp³-hybridized carbons (Fsp3) is 0.240. The van der Waals surface area contributed by atoms with Gasteiger partial charge in [0.05, 0.1) is 29.0 Å². The predicted molar refractivity (Wildman–Crippen MR) is 137 cm³/mol. The van der Waals surface area contributed by atoms with Gasteiger partial charge in [0.2, 0.25) is 0 Å². The van der Waals surface area contributed by atoms with Gasteiger partial charge in [0.25, 0.3) is 5.91 Å². The van der Waals surface area contributed by atoms with E-state index in [1.807, 2.05) is 59.5 Å². The fourth-order valence-corrected chi connectivity index (χ4v) is 4.85. The van der Waals surface area contributed by atoms with Crippen molar-refractivity contribution in [3.05, 3.63) is 75.9 Å². The van der Waals surface area contributed by atoms with Crippen molar-refractivity contribution >= 4 is 44.9 Å². The summed E-state index contributed by atoms with van der Waals surface area (Å²) in [4.78, 5) is 19.7. The van der Waals surface area contributed by atoms with Gasteiger partial charge < -0.3 is 15.0 Å². The molecule has 1 fully saturated rings. The molecule has 9 heteroatoms. The zero-order chi connectivity index (χ0) is 23.7. The van der Waals surface area contributed by atoms with Gasteiger partial charge in [-0.1, -0.05) is 41.9 Å². The van der Waals surface area contributed by atoms with Gasteiger partial charge in [-0.15, -0.1) is 0 Å². The molecule has 7 nitrogen and oxygen atoms in total. The Hall–Kier alpha value is -3.10. The number of halogens is 2. The van der Waals surface area contributed by atoms with E-state index in [1.54, 1.807) is 17.8 Å². The number of hydrogen-bond acceptors (Lipinski definition) is 5. The van der Waals surface area contributed by atoms with Gasteiger partial charge in [-0.25, -0.2) is 4.98 Å². The molecule has 0 radical (unpaired) electrons. The quantitative estimate of drug-likeness (QED) is 0.360. The number of amides is 1. The molecule has 0 aliphatic carbocycles. The van der Waals surface area contributed by atoms with Crippen LogP contribution < -0.4 is 10.1 Å². The Morgan fingerprint density at radius 3 is 2.65 bits per heavy atom. The number of nitrogens with zero attached hydrogens (tertiary/aromatic N) is 4. The summed E-state index contributed by atoms with van der Waals surface area (Å²) in [6.07, 6.45) is 3.36. The summed E-state index contributed by atoms with van der Waals surface area (Å²) in [5, 5.41) is 8.74. The minimum Gasteiger partial charge on any atom is -0.496 e. The Bertz CT molecular complexity index is 1350. The van der Waals surface area contributed by atoms with Crippen LogP contribution in [0.2, 0.25) is 5.02 Å². The van der Waals surface area contributed by atoms with Gasteiger partial charge in [-0.05, 0) is 47.0 Å². The van der Waals surface area contributed by atoms with Crippen LogP contribution in [0.1, 0.15) is 23.2 Å². The summed E-state index contributed by atoms with van der Waals surface area (Å²) in [6.45, 7) is 1.31. The second-order valence-corrected chi connectivity index (χ2v) is 9.41. The van der Waals surface area contributed by atoms with Crippen LogP contribution in [0.5, 0.6) is 5.75 Å². The van der Waals surface area contributed by atoms with E-state index in [2.05, 4.69) is 26.3 Å². The van der Waals surface area contributed by atoms with Gasteiger partial charge in [0, 0.05) is 35.8 Å². The maximum absolute atomic E-state index is 13.0. The number of likely N-dealkylation sites (tertiary alicyclic amines) is 1. The van der Waals surface area contributed by atoms with Gasteiger partial charge in [0.1, 0.15) is 11.6 Å². The van der Waals surface area contributed by atoms with Crippen molar-refractivity contribution in [1.29, 1.82) is 0 Å². The summed E-state index contributed by atoms with van der Waals surface area (Å²) < 4.78 is 7.96. The molecule has 0 bridgehead atoms. The zero-order valence-electron chi connectivity index (χ0n) is 18.5. The van der Waals surface area contributed by atoms with Gasteiger partial charge in [-0.3, -0.25) is 4.79 Å². The number of hydrogen-bond donors (Lipinski definition) is 1. The van der Waals surface area contributed by atoms with E-state index in [1.165, 1.54) is 0 Å². The molecule has 1 aliphatic heterocycles. The molecular weight excluding hydrogens is 518 g/mol. The predicted octanol–water partition coefficient (Wildman–Crippen LogP) is 5.54. The minimum absolute atomic E-state index is 0.000728. The number of piperidine rings is 1. The number of aromatic nitrogens is 3. The van der Waals surface area contributed by atoms with Gasteiger partial charge in [0.15, 0.2) is 5.65 Å². The lowest BCUT2D eigenvalue weighted by Gasteiger charge is -2.33. The number of fused-ring (bicyclic) bond motifs is 1. The summed E-state index contributed by atoms with van der Waals surface area (Å²) in [5.74, 6) is 1.43. The average Bonchev–Trinajstić information content (AvgIpc) is 3.25. The first kappa shape index (κ1) is 22.7. The Balaban J connectivity index is 1.35. The standard InChI is InChI=1S/C25H23BrClN5O2/c1-34-22-9-5-3-7-18(22)25(33)31-12-10-16(11-13-31)29-23-14-21(17-6-2-4-8-20(17)27)30-24-19(26)15-28-32(23)24/h2-9,14-16,29H,10-13H2,1H3. The van der Waals surface area contributed by atoms with Crippen LogP contribution in [0.4, 0.5) is 5.82 Å². The topological polar surface area (TPSA) is 71.8 Å². The maximum atomic E-state index is 13.0. The lowest BCUT2D eigenvalue weighted by atomic mass is 10.0. The Morgan fingerprint density at radius 2 is 1.88 bits per heavy atom. The highest BCUT2D eigenvalue weighted by molar-refractivity contribution is 9.10. The van der Waals surface area contributed by atoms with Crippen molar-refractivity contribution in [2.75, 3.05) is 25.5 Å². The average molecular weight is 541 g/mol. The lowest BCUT2D eigenvalue weighted by molar-refractivity contribution is 0.0715. The third-order valence-electron chi connectivity index (χ3n) is 6.05. The van der Waals surface area contributed by atoms with Crippen molar-refractivity contribution in [3.63, 3.8) is 0 Å². The van der Waals surface area contributed by atoms with Crippen molar-refractivity contribution in [1.82, 2.24) is 19.5 Å². The van der Waals surface area contributed by atoms with Crippen LogP contribution in [0.25, 0.3) is 16.9 Å². The Labute approximate surface area is 210 Å². The molecule has 1 amide bonds. The number of nitrogens with one attached hydrogen (secondary N) is 1. The first-order valence-electron chi connectivity index (χ1n) is 11.0. The zero-order valence-corrected chi connectivity index (χ0v) is 20.9. The van der Waals surface area contributed by atoms with E-state index in [4.69, 9.17) is 21.3 Å². The third kappa shape index (κ3) is 4.35. The number of ether oxygens (including phenoxy) is 1. The molecule has 5 rings (SSSR count). The monoisotopic (exact) mass is 539 g/mol. The molecule has 0 spiro atoms. The van der Waals surface area contributed by atoms with E-state index in [0.717, 1.165) is 34.4 Å². The van der Waals surface area contributed by atoms with Gasteiger partial charge >= 0.3 is 0 Å². The summed E-state index contributed by atoms with van der Waals surface area (Å²) in [5.41, 5.74) is 2.94. The van der Waals surface area contributed by atoms with Crippen LogP contribution in [0.3, 0.4) is 0 Å². The Morgan fingerprint density at radius 1 is 1.15 bits per heavy atom. The number of para-hydroxylation sites is 1. The maximum Gasteiger partial charge on any atom is 0.257 e. The van der Waals surface area contributed by atoms with E-state index in [-0.39, 0.29) is 11.9 Å². The molecule has 2 aromatic heterocycles. The molecule has 4 aromatic rings. The van der Waals surface area contributed by atoms with E-state index in [9.17, 15) is 4.79 Å². The molecule has 0 unspecified atom stereocenters. The van der Waals surface area contributed by atoms with E-state index in [0.29, 0.717) is 35.1 Å². The van der Waals surface area contributed by atoms with Crippen LogP contribution in [-0.2, 0) is 0 Å². The first-order chi connectivity index (χ1) is 16.5. The normalized spacial score (nSPS) is 14.4. The fourth-order valence-electron chi connectivity index (χ4n) is 4.27. The minimum atomic E-state index is -0.000728. The largest absolute Gasteiger partial charge is 0.496 e. The molecule has 1 aliphatic rings. The molecule has 0 atom stereocenters.